The van der Waals surface area contributed by atoms with Gasteiger partial charge in [-0.05, 0) is 30.7 Å². The number of rotatable bonds is 4. The smallest absolute Gasteiger partial charge is 0.227 e. The quantitative estimate of drug-likeness (QED) is 0.762. The van der Waals surface area contributed by atoms with E-state index in [1.807, 2.05) is 20.0 Å². The first-order valence-corrected chi connectivity index (χ1v) is 7.84. The monoisotopic (exact) mass is 344 g/mol. The second-order valence-corrected chi connectivity index (χ2v) is 6.06. The zero-order valence-corrected chi connectivity index (χ0v) is 14.1. The minimum absolute atomic E-state index is 0.0499. The lowest BCUT2D eigenvalue weighted by atomic mass is 10.1. The molecule has 24 heavy (non-hydrogen) atoms. The fraction of sp³-hybridized carbons (Fsp3) is 0.235. The summed E-state index contributed by atoms with van der Waals surface area (Å²) in [5.74, 6) is -0.292. The van der Waals surface area contributed by atoms with Crippen molar-refractivity contribution >= 4 is 34.2 Å². The summed E-state index contributed by atoms with van der Waals surface area (Å²) < 4.78 is 1.69. The van der Waals surface area contributed by atoms with Gasteiger partial charge in [-0.3, -0.25) is 9.48 Å². The number of fused-ring (bicyclic) bond motifs is 1. The van der Waals surface area contributed by atoms with Crippen molar-refractivity contribution < 1.29 is 9.90 Å². The average molecular weight is 345 g/mol. The average Bonchev–Trinajstić information content (AvgIpc) is 2.82. The largest absolute Gasteiger partial charge is 0.388 e. The topological polar surface area (TPSA) is 80.0 Å². The molecular weight excluding hydrogens is 328 g/mol. The summed E-state index contributed by atoms with van der Waals surface area (Å²) in [4.78, 5) is 16.5. The Morgan fingerprint density at radius 3 is 2.79 bits per heavy atom. The molecule has 1 unspecified atom stereocenters. The van der Waals surface area contributed by atoms with Gasteiger partial charge in [0.15, 0.2) is 5.65 Å². The van der Waals surface area contributed by atoms with Crippen LogP contribution in [0.25, 0.3) is 11.0 Å². The SMILES string of the molecule is Cc1nn(C)c2ncc(NC(=O)CC(O)c3ccc(Cl)cc3)cc12. The molecule has 1 atom stereocenters. The molecule has 7 heteroatoms. The van der Waals surface area contributed by atoms with E-state index >= 15 is 0 Å². The number of benzene rings is 1. The molecule has 0 fully saturated rings. The van der Waals surface area contributed by atoms with Crippen molar-refractivity contribution in [3.63, 3.8) is 0 Å². The molecule has 1 amide bonds. The summed E-state index contributed by atoms with van der Waals surface area (Å²) in [5, 5.41) is 18.7. The Labute approximate surface area is 144 Å². The van der Waals surface area contributed by atoms with Gasteiger partial charge in [-0.1, -0.05) is 23.7 Å². The third-order valence-corrected chi connectivity index (χ3v) is 4.03. The summed E-state index contributed by atoms with van der Waals surface area (Å²) in [5.41, 5.74) is 2.82. The molecule has 6 nitrogen and oxygen atoms in total. The van der Waals surface area contributed by atoms with Gasteiger partial charge in [0.05, 0.1) is 30.1 Å². The molecule has 2 aromatic heterocycles. The number of hydrogen-bond donors (Lipinski definition) is 2. The Morgan fingerprint density at radius 1 is 1.38 bits per heavy atom. The number of halogens is 1. The van der Waals surface area contributed by atoms with Crippen LogP contribution in [0, 0.1) is 6.92 Å². The first-order valence-electron chi connectivity index (χ1n) is 7.47. The van der Waals surface area contributed by atoms with Crippen LogP contribution in [0.15, 0.2) is 36.5 Å². The van der Waals surface area contributed by atoms with Crippen molar-refractivity contribution in [2.45, 2.75) is 19.4 Å². The lowest BCUT2D eigenvalue weighted by Crippen LogP contribution is -2.15. The maximum atomic E-state index is 12.1. The molecule has 124 valence electrons. The number of hydrogen-bond acceptors (Lipinski definition) is 4. The minimum Gasteiger partial charge on any atom is -0.388 e. The molecule has 3 rings (SSSR count). The number of aliphatic hydroxyl groups is 1. The first kappa shape index (κ1) is 16.4. The Balaban J connectivity index is 1.70. The van der Waals surface area contributed by atoms with E-state index in [9.17, 15) is 9.90 Å². The van der Waals surface area contributed by atoms with Crippen molar-refractivity contribution in [1.82, 2.24) is 14.8 Å². The van der Waals surface area contributed by atoms with Gasteiger partial charge in [0.25, 0.3) is 0 Å². The lowest BCUT2D eigenvalue weighted by Gasteiger charge is -2.11. The lowest BCUT2D eigenvalue weighted by molar-refractivity contribution is -0.118. The molecule has 1 aromatic carbocycles. The van der Waals surface area contributed by atoms with Crippen molar-refractivity contribution in [1.29, 1.82) is 0 Å². The summed E-state index contributed by atoms with van der Waals surface area (Å²) in [6, 6.07) is 8.60. The van der Waals surface area contributed by atoms with Gasteiger partial charge in [0.1, 0.15) is 0 Å². The summed E-state index contributed by atoms with van der Waals surface area (Å²) >= 11 is 5.82. The second kappa shape index (κ2) is 6.59. The Bertz CT molecular complexity index is 889. The molecule has 0 saturated heterocycles. The number of amides is 1. The minimum atomic E-state index is -0.890. The normalized spacial score (nSPS) is 12.3. The van der Waals surface area contributed by atoms with Gasteiger partial charge in [-0.2, -0.15) is 5.10 Å². The fourth-order valence-electron chi connectivity index (χ4n) is 2.57. The predicted octanol–water partition coefficient (Wildman–Crippen LogP) is 2.99. The van der Waals surface area contributed by atoms with Gasteiger partial charge in [-0.25, -0.2) is 4.98 Å². The fourth-order valence-corrected chi connectivity index (χ4v) is 2.69. The van der Waals surface area contributed by atoms with Crippen molar-refractivity contribution in [2.75, 3.05) is 5.32 Å². The number of carbonyl (C=O) groups excluding carboxylic acids is 1. The molecule has 2 N–H and O–H groups in total. The van der Waals surface area contributed by atoms with Crippen LogP contribution in [0.1, 0.15) is 23.8 Å². The maximum Gasteiger partial charge on any atom is 0.227 e. The highest BCUT2D eigenvalue weighted by molar-refractivity contribution is 6.30. The van der Waals surface area contributed by atoms with Crippen LogP contribution in [0.2, 0.25) is 5.02 Å². The van der Waals surface area contributed by atoms with Gasteiger partial charge in [-0.15, -0.1) is 0 Å². The van der Waals surface area contributed by atoms with Crippen molar-refractivity contribution in [3.05, 3.63) is 52.8 Å². The van der Waals surface area contributed by atoms with Gasteiger partial charge in [0, 0.05) is 17.5 Å². The number of aliphatic hydroxyl groups excluding tert-OH is 1. The van der Waals surface area contributed by atoms with Gasteiger partial charge in [0.2, 0.25) is 5.91 Å². The van der Waals surface area contributed by atoms with Gasteiger partial charge < -0.3 is 10.4 Å². The van der Waals surface area contributed by atoms with E-state index in [0.717, 1.165) is 16.7 Å². The standard InChI is InChI=1S/C17H17ClN4O2/c1-10-14-7-13(9-19-17(14)22(2)21-10)20-16(24)8-15(23)11-3-5-12(18)6-4-11/h3-7,9,15,23H,8H2,1-2H3,(H,20,24). The highest BCUT2D eigenvalue weighted by Crippen LogP contribution is 2.22. The molecule has 0 bridgehead atoms. The molecular formula is C17H17ClN4O2. The van der Waals surface area contributed by atoms with Crippen LogP contribution in [0.3, 0.4) is 0 Å². The molecule has 3 aromatic rings. The number of nitrogens with zero attached hydrogens (tertiary/aromatic N) is 3. The van der Waals surface area contributed by atoms with E-state index in [1.165, 1.54) is 0 Å². The molecule has 0 aliphatic heterocycles. The van der Waals surface area contributed by atoms with Crippen molar-refractivity contribution in [3.8, 4) is 0 Å². The highest BCUT2D eigenvalue weighted by atomic mass is 35.5. The first-order chi connectivity index (χ1) is 11.4. The molecule has 0 radical (unpaired) electrons. The zero-order chi connectivity index (χ0) is 17.3. The number of anilines is 1. The highest BCUT2D eigenvalue weighted by Gasteiger charge is 2.14. The Hall–Kier alpha value is -2.44. The van der Waals surface area contributed by atoms with E-state index in [0.29, 0.717) is 16.3 Å². The van der Waals surface area contributed by atoms with Crippen LogP contribution in [-0.2, 0) is 11.8 Å². The summed E-state index contributed by atoms with van der Waals surface area (Å²) in [6.45, 7) is 1.89. The van der Waals surface area contributed by atoms with Crippen LogP contribution in [0.5, 0.6) is 0 Å². The van der Waals surface area contributed by atoms with E-state index in [1.54, 1.807) is 35.1 Å². The number of pyridine rings is 1. The van der Waals surface area contributed by atoms with E-state index in [2.05, 4.69) is 15.4 Å². The third kappa shape index (κ3) is 3.39. The molecule has 0 aliphatic carbocycles. The molecule has 0 saturated carbocycles. The Morgan fingerprint density at radius 2 is 2.08 bits per heavy atom. The van der Waals surface area contributed by atoms with E-state index < -0.39 is 6.10 Å². The summed E-state index contributed by atoms with van der Waals surface area (Å²) in [7, 11) is 1.82. The number of aromatic nitrogens is 3. The number of nitrogens with one attached hydrogen (secondary N) is 1. The van der Waals surface area contributed by atoms with Crippen LogP contribution in [0.4, 0.5) is 5.69 Å². The number of aryl methyl sites for hydroxylation is 2. The van der Waals surface area contributed by atoms with Crippen molar-refractivity contribution in [2.24, 2.45) is 7.05 Å². The second-order valence-electron chi connectivity index (χ2n) is 5.62. The summed E-state index contributed by atoms with van der Waals surface area (Å²) in [6.07, 6.45) is 0.640. The Kier molecular flexibility index (Phi) is 4.51. The van der Waals surface area contributed by atoms with E-state index in [-0.39, 0.29) is 12.3 Å². The molecule has 0 aliphatic rings. The van der Waals surface area contributed by atoms with Crippen LogP contribution >= 0.6 is 11.6 Å². The van der Waals surface area contributed by atoms with Gasteiger partial charge >= 0.3 is 0 Å². The predicted molar refractivity (Wildman–Crippen MR) is 92.9 cm³/mol. The molecule has 2 heterocycles. The third-order valence-electron chi connectivity index (χ3n) is 3.78. The van der Waals surface area contributed by atoms with Crippen LogP contribution in [-0.4, -0.2) is 25.8 Å². The zero-order valence-electron chi connectivity index (χ0n) is 13.3. The van der Waals surface area contributed by atoms with Crippen LogP contribution < -0.4 is 5.32 Å². The number of carbonyl (C=O) groups is 1. The molecule has 0 spiro atoms. The van der Waals surface area contributed by atoms with E-state index in [4.69, 9.17) is 11.6 Å². The maximum absolute atomic E-state index is 12.1.